The monoisotopic (exact) mass is 295 g/mol. The number of benzene rings is 1. The largest absolute Gasteiger partial charge is 0.300 e. The van der Waals surface area contributed by atoms with Crippen molar-refractivity contribution in [2.75, 3.05) is 18.4 Å². The Labute approximate surface area is 113 Å². The molecule has 0 saturated carbocycles. The van der Waals surface area contributed by atoms with Gasteiger partial charge in [-0.3, -0.25) is 4.90 Å². The third-order valence-electron chi connectivity index (χ3n) is 3.68. The highest BCUT2D eigenvalue weighted by Gasteiger charge is 2.22. The van der Waals surface area contributed by atoms with Gasteiger partial charge in [-0.2, -0.15) is 0 Å². The molecule has 94 valence electrons. The van der Waals surface area contributed by atoms with E-state index >= 15 is 0 Å². The second-order valence-corrected chi connectivity index (χ2v) is 5.58. The number of nitrogens with zero attached hydrogens (tertiary/aromatic N) is 1. The highest BCUT2D eigenvalue weighted by molar-refractivity contribution is 9.09. The van der Waals surface area contributed by atoms with Crippen molar-refractivity contribution in [2.24, 2.45) is 0 Å². The normalized spacial score (nSPS) is 20.9. The molecule has 2 heteroatoms. The van der Waals surface area contributed by atoms with Gasteiger partial charge in [0.15, 0.2) is 0 Å². The number of halogens is 1. The molecule has 1 aromatic carbocycles. The topological polar surface area (TPSA) is 3.24 Å². The molecular formula is C15H22BrN. The summed E-state index contributed by atoms with van der Waals surface area (Å²) in [5.74, 6) is 0. The molecule has 1 saturated heterocycles. The summed E-state index contributed by atoms with van der Waals surface area (Å²) in [5.41, 5.74) is 1.48. The van der Waals surface area contributed by atoms with Gasteiger partial charge in [-0.05, 0) is 50.8 Å². The predicted octanol–water partition coefficient (Wildman–Crippen LogP) is 3.87. The fourth-order valence-corrected chi connectivity index (χ4v) is 3.39. The summed E-state index contributed by atoms with van der Waals surface area (Å²) in [5, 5.41) is 1.14. The summed E-state index contributed by atoms with van der Waals surface area (Å²) >= 11 is 3.62. The summed E-state index contributed by atoms with van der Waals surface area (Å²) in [7, 11) is 0. The minimum absolute atomic E-state index is 0.798. The minimum Gasteiger partial charge on any atom is -0.300 e. The van der Waals surface area contributed by atoms with Crippen LogP contribution >= 0.6 is 15.9 Å². The SMILES string of the molecule is BrCC1CCCN1CCCCc1ccccc1. The standard InChI is InChI=1S/C15H22BrN/c16-13-15-10-6-12-17(15)11-5-4-9-14-7-2-1-3-8-14/h1-3,7-8,15H,4-6,9-13H2. The fourth-order valence-electron chi connectivity index (χ4n) is 2.65. The molecule has 0 spiro atoms. The van der Waals surface area contributed by atoms with Gasteiger partial charge in [-0.1, -0.05) is 46.3 Å². The van der Waals surface area contributed by atoms with E-state index in [1.54, 1.807) is 0 Å². The van der Waals surface area contributed by atoms with Gasteiger partial charge in [0.1, 0.15) is 0 Å². The van der Waals surface area contributed by atoms with E-state index in [4.69, 9.17) is 0 Å². The third kappa shape index (κ3) is 4.11. The number of likely N-dealkylation sites (tertiary alicyclic amines) is 1. The van der Waals surface area contributed by atoms with Crippen molar-refractivity contribution in [2.45, 2.75) is 38.1 Å². The molecular weight excluding hydrogens is 274 g/mol. The van der Waals surface area contributed by atoms with E-state index < -0.39 is 0 Å². The smallest absolute Gasteiger partial charge is 0.0193 e. The van der Waals surface area contributed by atoms with E-state index in [1.165, 1.54) is 50.8 Å². The number of aryl methyl sites for hydroxylation is 1. The van der Waals surface area contributed by atoms with Crippen LogP contribution in [0.3, 0.4) is 0 Å². The van der Waals surface area contributed by atoms with E-state index in [0.29, 0.717) is 0 Å². The Morgan fingerprint density at radius 1 is 1.18 bits per heavy atom. The maximum atomic E-state index is 3.62. The maximum absolute atomic E-state index is 3.62. The van der Waals surface area contributed by atoms with Gasteiger partial charge in [0.2, 0.25) is 0 Å². The van der Waals surface area contributed by atoms with Crippen LogP contribution in [-0.4, -0.2) is 29.4 Å². The minimum atomic E-state index is 0.798. The predicted molar refractivity (Wildman–Crippen MR) is 77.8 cm³/mol. The van der Waals surface area contributed by atoms with Crippen LogP contribution in [0.1, 0.15) is 31.2 Å². The second-order valence-electron chi connectivity index (χ2n) is 4.93. The summed E-state index contributed by atoms with van der Waals surface area (Å²) in [6.07, 6.45) is 6.64. The maximum Gasteiger partial charge on any atom is 0.0193 e. The van der Waals surface area contributed by atoms with Crippen molar-refractivity contribution in [3.63, 3.8) is 0 Å². The zero-order valence-corrected chi connectivity index (χ0v) is 12.0. The van der Waals surface area contributed by atoms with Gasteiger partial charge in [0.25, 0.3) is 0 Å². The first kappa shape index (κ1) is 13.1. The van der Waals surface area contributed by atoms with Gasteiger partial charge >= 0.3 is 0 Å². The van der Waals surface area contributed by atoms with Crippen molar-refractivity contribution in [1.29, 1.82) is 0 Å². The van der Waals surface area contributed by atoms with Crippen LogP contribution in [-0.2, 0) is 6.42 Å². The van der Waals surface area contributed by atoms with Gasteiger partial charge < -0.3 is 0 Å². The molecule has 0 amide bonds. The molecule has 1 aliphatic rings. The number of hydrogen-bond acceptors (Lipinski definition) is 1. The van der Waals surface area contributed by atoms with Crippen LogP contribution in [0.4, 0.5) is 0 Å². The van der Waals surface area contributed by atoms with Crippen LogP contribution in [0.2, 0.25) is 0 Å². The molecule has 1 fully saturated rings. The van der Waals surface area contributed by atoms with Crippen LogP contribution in [0.25, 0.3) is 0 Å². The van der Waals surface area contributed by atoms with Crippen LogP contribution in [0.5, 0.6) is 0 Å². The second kappa shape index (κ2) is 7.17. The zero-order valence-electron chi connectivity index (χ0n) is 10.4. The number of hydrogen-bond donors (Lipinski definition) is 0. The summed E-state index contributed by atoms with van der Waals surface area (Å²) in [6.45, 7) is 2.59. The average Bonchev–Trinajstić information content (AvgIpc) is 2.83. The lowest BCUT2D eigenvalue weighted by Gasteiger charge is -2.22. The van der Waals surface area contributed by atoms with Crippen LogP contribution < -0.4 is 0 Å². The summed E-state index contributed by atoms with van der Waals surface area (Å²) in [6, 6.07) is 11.6. The zero-order chi connectivity index (χ0) is 11.9. The molecule has 0 N–H and O–H groups in total. The molecule has 1 nitrogen and oxygen atoms in total. The first-order valence-corrected chi connectivity index (χ1v) is 7.86. The molecule has 0 radical (unpaired) electrons. The van der Waals surface area contributed by atoms with Gasteiger partial charge in [0, 0.05) is 11.4 Å². The van der Waals surface area contributed by atoms with E-state index in [-0.39, 0.29) is 0 Å². The fraction of sp³-hybridized carbons (Fsp3) is 0.600. The molecule has 2 rings (SSSR count). The number of unbranched alkanes of at least 4 members (excludes halogenated alkanes) is 1. The van der Waals surface area contributed by atoms with E-state index in [2.05, 4.69) is 51.2 Å². The van der Waals surface area contributed by atoms with Crippen LogP contribution in [0.15, 0.2) is 30.3 Å². The first-order valence-electron chi connectivity index (χ1n) is 6.74. The number of alkyl halides is 1. The van der Waals surface area contributed by atoms with Crippen molar-refractivity contribution >= 4 is 15.9 Å². The molecule has 0 aliphatic carbocycles. The molecule has 1 atom stereocenters. The van der Waals surface area contributed by atoms with E-state index in [1.807, 2.05) is 0 Å². The van der Waals surface area contributed by atoms with Crippen molar-refractivity contribution in [3.05, 3.63) is 35.9 Å². The van der Waals surface area contributed by atoms with Crippen molar-refractivity contribution in [1.82, 2.24) is 4.90 Å². The Bertz CT molecular complexity index is 312. The quantitative estimate of drug-likeness (QED) is 0.569. The lowest BCUT2D eigenvalue weighted by Crippen LogP contribution is -2.31. The van der Waals surface area contributed by atoms with Gasteiger partial charge in [0.05, 0.1) is 0 Å². The summed E-state index contributed by atoms with van der Waals surface area (Å²) in [4.78, 5) is 2.65. The van der Waals surface area contributed by atoms with Gasteiger partial charge in [-0.15, -0.1) is 0 Å². The Morgan fingerprint density at radius 2 is 2.00 bits per heavy atom. The molecule has 1 heterocycles. The Kier molecular flexibility index (Phi) is 5.53. The van der Waals surface area contributed by atoms with Gasteiger partial charge in [-0.25, -0.2) is 0 Å². The molecule has 1 unspecified atom stereocenters. The number of rotatable bonds is 6. The van der Waals surface area contributed by atoms with E-state index in [9.17, 15) is 0 Å². The third-order valence-corrected chi connectivity index (χ3v) is 4.43. The molecule has 0 aromatic heterocycles. The van der Waals surface area contributed by atoms with Crippen LogP contribution in [0, 0.1) is 0 Å². The Hall–Kier alpha value is -0.340. The highest BCUT2D eigenvalue weighted by atomic mass is 79.9. The molecule has 0 bridgehead atoms. The average molecular weight is 296 g/mol. The highest BCUT2D eigenvalue weighted by Crippen LogP contribution is 2.19. The van der Waals surface area contributed by atoms with Crippen molar-refractivity contribution in [3.8, 4) is 0 Å². The first-order chi connectivity index (χ1) is 8.40. The lowest BCUT2D eigenvalue weighted by atomic mass is 10.1. The Morgan fingerprint density at radius 3 is 2.76 bits per heavy atom. The summed E-state index contributed by atoms with van der Waals surface area (Å²) < 4.78 is 0. The molecule has 1 aromatic rings. The van der Waals surface area contributed by atoms with Crippen molar-refractivity contribution < 1.29 is 0 Å². The van der Waals surface area contributed by atoms with E-state index in [0.717, 1.165) is 11.4 Å². The Balaban J connectivity index is 1.63. The lowest BCUT2D eigenvalue weighted by molar-refractivity contribution is 0.267. The molecule has 17 heavy (non-hydrogen) atoms. The molecule has 1 aliphatic heterocycles.